The van der Waals surface area contributed by atoms with Gasteiger partial charge in [0.05, 0.1) is 0 Å². The molecule has 1 fully saturated rings. The van der Waals surface area contributed by atoms with Crippen LogP contribution >= 0.6 is 15.9 Å². The molecule has 1 aliphatic carbocycles. The standard InChI is InChI=1S/C13H17Br/c1-13(2)8-7-11(9-13)10-3-5-12(14)6-4-10/h3-6,11H,7-9H2,1-2H3/t11-/m0/s1. The normalized spacial score (nSPS) is 25.2. The van der Waals surface area contributed by atoms with Crippen LogP contribution in [0.3, 0.4) is 0 Å². The third-order valence-corrected chi connectivity index (χ3v) is 3.84. The predicted molar refractivity (Wildman–Crippen MR) is 64.5 cm³/mol. The lowest BCUT2D eigenvalue weighted by atomic mass is 9.88. The summed E-state index contributed by atoms with van der Waals surface area (Å²) in [5.74, 6) is 0.790. The average molecular weight is 253 g/mol. The van der Waals surface area contributed by atoms with Gasteiger partial charge in [-0.2, -0.15) is 0 Å². The van der Waals surface area contributed by atoms with Crippen LogP contribution in [0.2, 0.25) is 0 Å². The number of halogens is 1. The van der Waals surface area contributed by atoms with Crippen LogP contribution < -0.4 is 0 Å². The summed E-state index contributed by atoms with van der Waals surface area (Å²) in [6.07, 6.45) is 4.07. The monoisotopic (exact) mass is 252 g/mol. The van der Waals surface area contributed by atoms with Crippen molar-refractivity contribution in [2.24, 2.45) is 5.41 Å². The molecule has 0 amide bonds. The van der Waals surface area contributed by atoms with E-state index in [0.29, 0.717) is 5.41 Å². The van der Waals surface area contributed by atoms with Crippen molar-refractivity contribution in [3.63, 3.8) is 0 Å². The third kappa shape index (κ3) is 2.20. The zero-order valence-corrected chi connectivity index (χ0v) is 10.5. The Morgan fingerprint density at radius 1 is 1.21 bits per heavy atom. The maximum atomic E-state index is 3.48. The van der Waals surface area contributed by atoms with E-state index in [1.54, 1.807) is 0 Å². The van der Waals surface area contributed by atoms with Gasteiger partial charge in [-0.3, -0.25) is 0 Å². The second-order valence-electron chi connectivity index (χ2n) is 5.16. The fraction of sp³-hybridized carbons (Fsp3) is 0.538. The topological polar surface area (TPSA) is 0 Å². The van der Waals surface area contributed by atoms with Crippen molar-refractivity contribution < 1.29 is 0 Å². The van der Waals surface area contributed by atoms with Crippen LogP contribution in [-0.2, 0) is 0 Å². The Bertz CT molecular complexity index is 311. The Hall–Kier alpha value is -0.300. The summed E-state index contributed by atoms with van der Waals surface area (Å²) in [6.45, 7) is 4.76. The fourth-order valence-corrected chi connectivity index (χ4v) is 2.72. The summed E-state index contributed by atoms with van der Waals surface area (Å²) in [5.41, 5.74) is 2.07. The molecule has 0 aliphatic heterocycles. The highest BCUT2D eigenvalue weighted by atomic mass is 79.9. The van der Waals surface area contributed by atoms with Crippen molar-refractivity contribution in [3.05, 3.63) is 34.3 Å². The molecule has 14 heavy (non-hydrogen) atoms. The molecule has 1 aromatic carbocycles. The van der Waals surface area contributed by atoms with Gasteiger partial charge in [0.1, 0.15) is 0 Å². The Kier molecular flexibility index (Phi) is 2.70. The summed E-state index contributed by atoms with van der Waals surface area (Å²) in [4.78, 5) is 0. The summed E-state index contributed by atoms with van der Waals surface area (Å²) >= 11 is 3.48. The largest absolute Gasteiger partial charge is 0.0599 e. The molecule has 1 saturated carbocycles. The minimum absolute atomic E-state index is 0.553. The Balaban J connectivity index is 2.14. The summed E-state index contributed by atoms with van der Waals surface area (Å²) in [6, 6.07) is 8.83. The molecule has 76 valence electrons. The van der Waals surface area contributed by atoms with Crippen LogP contribution in [0.25, 0.3) is 0 Å². The smallest absolute Gasteiger partial charge is 0.0175 e. The van der Waals surface area contributed by atoms with Gasteiger partial charge in [-0.1, -0.05) is 41.9 Å². The lowest BCUT2D eigenvalue weighted by molar-refractivity contribution is 0.376. The van der Waals surface area contributed by atoms with Crippen molar-refractivity contribution in [3.8, 4) is 0 Å². The number of hydrogen-bond donors (Lipinski definition) is 0. The number of benzene rings is 1. The molecule has 2 rings (SSSR count). The fourth-order valence-electron chi connectivity index (χ4n) is 2.46. The summed E-state index contributed by atoms with van der Waals surface area (Å²) in [7, 11) is 0. The Morgan fingerprint density at radius 2 is 1.86 bits per heavy atom. The van der Waals surface area contributed by atoms with E-state index in [1.165, 1.54) is 29.3 Å². The molecule has 0 spiro atoms. The molecule has 1 heteroatoms. The van der Waals surface area contributed by atoms with Gasteiger partial charge in [-0.15, -0.1) is 0 Å². The second-order valence-corrected chi connectivity index (χ2v) is 6.07. The van der Waals surface area contributed by atoms with Crippen molar-refractivity contribution >= 4 is 15.9 Å². The zero-order valence-electron chi connectivity index (χ0n) is 8.89. The molecule has 0 saturated heterocycles. The van der Waals surface area contributed by atoms with E-state index in [2.05, 4.69) is 54.0 Å². The third-order valence-electron chi connectivity index (χ3n) is 3.31. The van der Waals surface area contributed by atoms with E-state index in [4.69, 9.17) is 0 Å². The molecular formula is C13H17Br. The van der Waals surface area contributed by atoms with Crippen LogP contribution in [0, 0.1) is 5.41 Å². The molecule has 1 aromatic rings. The van der Waals surface area contributed by atoms with Crippen molar-refractivity contribution in [1.29, 1.82) is 0 Å². The van der Waals surface area contributed by atoms with E-state index < -0.39 is 0 Å². The van der Waals surface area contributed by atoms with Gasteiger partial charge in [0.2, 0.25) is 0 Å². The molecule has 0 radical (unpaired) electrons. The maximum absolute atomic E-state index is 3.48. The highest BCUT2D eigenvalue weighted by molar-refractivity contribution is 9.10. The Morgan fingerprint density at radius 3 is 2.36 bits per heavy atom. The quantitative estimate of drug-likeness (QED) is 0.677. The highest BCUT2D eigenvalue weighted by Crippen LogP contribution is 2.45. The van der Waals surface area contributed by atoms with Gasteiger partial charge in [-0.05, 0) is 48.3 Å². The van der Waals surface area contributed by atoms with Gasteiger partial charge in [0, 0.05) is 4.47 Å². The van der Waals surface area contributed by atoms with Crippen LogP contribution in [0.4, 0.5) is 0 Å². The molecule has 1 atom stereocenters. The minimum Gasteiger partial charge on any atom is -0.0599 e. The number of rotatable bonds is 1. The van der Waals surface area contributed by atoms with Crippen molar-refractivity contribution in [2.75, 3.05) is 0 Å². The van der Waals surface area contributed by atoms with E-state index in [9.17, 15) is 0 Å². The first-order valence-corrected chi connectivity index (χ1v) is 6.12. The van der Waals surface area contributed by atoms with Gasteiger partial charge in [-0.25, -0.2) is 0 Å². The zero-order chi connectivity index (χ0) is 10.2. The molecule has 1 aliphatic rings. The first-order chi connectivity index (χ1) is 6.57. The Labute approximate surface area is 94.8 Å². The summed E-state index contributed by atoms with van der Waals surface area (Å²) < 4.78 is 1.18. The molecule has 0 heterocycles. The molecule has 0 nitrogen and oxygen atoms in total. The molecule has 0 N–H and O–H groups in total. The van der Waals surface area contributed by atoms with Gasteiger partial charge >= 0.3 is 0 Å². The van der Waals surface area contributed by atoms with E-state index in [1.807, 2.05) is 0 Å². The lowest BCUT2D eigenvalue weighted by Crippen LogP contribution is -2.04. The minimum atomic E-state index is 0.553. The maximum Gasteiger partial charge on any atom is 0.0175 e. The summed E-state index contributed by atoms with van der Waals surface area (Å²) in [5, 5.41) is 0. The van der Waals surface area contributed by atoms with Crippen LogP contribution in [0.5, 0.6) is 0 Å². The van der Waals surface area contributed by atoms with Crippen LogP contribution in [-0.4, -0.2) is 0 Å². The van der Waals surface area contributed by atoms with E-state index in [-0.39, 0.29) is 0 Å². The van der Waals surface area contributed by atoms with Crippen molar-refractivity contribution in [2.45, 2.75) is 39.0 Å². The molecular weight excluding hydrogens is 236 g/mol. The lowest BCUT2D eigenvalue weighted by Gasteiger charge is -2.17. The molecule has 0 unspecified atom stereocenters. The highest BCUT2D eigenvalue weighted by Gasteiger charge is 2.31. The first kappa shape index (κ1) is 10.2. The van der Waals surface area contributed by atoms with Crippen molar-refractivity contribution in [1.82, 2.24) is 0 Å². The van der Waals surface area contributed by atoms with E-state index in [0.717, 1.165) is 5.92 Å². The average Bonchev–Trinajstić information content (AvgIpc) is 2.47. The van der Waals surface area contributed by atoms with Gasteiger partial charge < -0.3 is 0 Å². The van der Waals surface area contributed by atoms with E-state index >= 15 is 0 Å². The first-order valence-electron chi connectivity index (χ1n) is 5.32. The SMILES string of the molecule is CC1(C)CC[C@H](c2ccc(Br)cc2)C1. The van der Waals surface area contributed by atoms with Crippen LogP contribution in [0.15, 0.2) is 28.7 Å². The van der Waals surface area contributed by atoms with Crippen LogP contribution in [0.1, 0.15) is 44.6 Å². The van der Waals surface area contributed by atoms with Gasteiger partial charge in [0.15, 0.2) is 0 Å². The second kappa shape index (κ2) is 3.69. The molecule has 0 aromatic heterocycles. The van der Waals surface area contributed by atoms with Gasteiger partial charge in [0.25, 0.3) is 0 Å². The molecule has 0 bridgehead atoms. The number of hydrogen-bond acceptors (Lipinski definition) is 0. The predicted octanol–water partition coefficient (Wildman–Crippen LogP) is 4.74.